The zero-order valence-electron chi connectivity index (χ0n) is 10.9. The van der Waals surface area contributed by atoms with Crippen molar-refractivity contribution in [3.63, 3.8) is 0 Å². The second-order valence-electron chi connectivity index (χ2n) is 4.46. The lowest BCUT2D eigenvalue weighted by Gasteiger charge is -2.16. The van der Waals surface area contributed by atoms with Crippen molar-refractivity contribution in [2.45, 2.75) is 12.5 Å². The minimum atomic E-state index is -0.484. The first kappa shape index (κ1) is 14.0. The number of carbonyl (C=O) groups excluding carboxylic acids is 1. The number of pyridine rings is 1. The summed E-state index contributed by atoms with van der Waals surface area (Å²) in [6.07, 6.45) is 3.33. The van der Waals surface area contributed by atoms with Gasteiger partial charge in [-0.25, -0.2) is 0 Å². The van der Waals surface area contributed by atoms with Crippen molar-refractivity contribution in [1.29, 1.82) is 0 Å². The van der Waals surface area contributed by atoms with Gasteiger partial charge in [0.05, 0.1) is 12.6 Å². The van der Waals surface area contributed by atoms with Gasteiger partial charge in [-0.15, -0.1) is 0 Å². The average Bonchev–Trinajstić information content (AvgIpc) is 2.48. The van der Waals surface area contributed by atoms with Crippen LogP contribution >= 0.6 is 0 Å². The van der Waals surface area contributed by atoms with Gasteiger partial charge in [-0.2, -0.15) is 0 Å². The Labute approximate surface area is 116 Å². The molecule has 3 N–H and O–H groups in total. The van der Waals surface area contributed by atoms with Crippen LogP contribution in [0.4, 0.5) is 0 Å². The van der Waals surface area contributed by atoms with Crippen molar-refractivity contribution in [2.24, 2.45) is 0 Å². The Bertz CT molecular complexity index is 622. The molecular weight excluding hydrogens is 256 g/mol. The van der Waals surface area contributed by atoms with Crippen molar-refractivity contribution in [3.05, 3.63) is 70.1 Å². The first-order valence-electron chi connectivity index (χ1n) is 6.33. The molecule has 0 fully saturated rings. The van der Waals surface area contributed by atoms with Crippen LogP contribution in [0.5, 0.6) is 0 Å². The van der Waals surface area contributed by atoms with Crippen LogP contribution in [0.25, 0.3) is 0 Å². The van der Waals surface area contributed by atoms with E-state index in [4.69, 9.17) is 0 Å². The topological polar surface area (TPSA) is 82.2 Å². The molecular formula is C15H16N2O3. The van der Waals surface area contributed by atoms with Crippen molar-refractivity contribution < 1.29 is 9.90 Å². The summed E-state index contributed by atoms with van der Waals surface area (Å²) in [6, 6.07) is 10.4. The number of rotatable bonds is 5. The molecule has 1 heterocycles. The molecule has 0 saturated heterocycles. The van der Waals surface area contributed by atoms with Gasteiger partial charge < -0.3 is 15.4 Å². The van der Waals surface area contributed by atoms with Gasteiger partial charge in [-0.3, -0.25) is 9.59 Å². The molecule has 0 radical (unpaired) electrons. The van der Waals surface area contributed by atoms with Gasteiger partial charge in [-0.05, 0) is 12.0 Å². The molecule has 0 aliphatic heterocycles. The number of aromatic amines is 1. The summed E-state index contributed by atoms with van der Waals surface area (Å²) in [6.45, 7) is -0.189. The number of H-pyrrole nitrogens is 1. The highest BCUT2D eigenvalue weighted by molar-refractivity contribution is 5.93. The van der Waals surface area contributed by atoms with Gasteiger partial charge in [0, 0.05) is 18.5 Å². The van der Waals surface area contributed by atoms with Crippen molar-refractivity contribution >= 4 is 5.91 Å². The Kier molecular flexibility index (Phi) is 4.68. The van der Waals surface area contributed by atoms with E-state index in [-0.39, 0.29) is 17.6 Å². The highest BCUT2D eigenvalue weighted by atomic mass is 16.3. The minimum Gasteiger partial charge on any atom is -0.394 e. The fourth-order valence-electron chi connectivity index (χ4n) is 1.92. The first-order valence-corrected chi connectivity index (χ1v) is 6.33. The van der Waals surface area contributed by atoms with E-state index in [0.29, 0.717) is 6.42 Å². The van der Waals surface area contributed by atoms with Crippen LogP contribution in [-0.2, 0) is 6.42 Å². The van der Waals surface area contributed by atoms with Gasteiger partial charge in [0.25, 0.3) is 5.91 Å². The maximum absolute atomic E-state index is 12.0. The Hall–Kier alpha value is -2.40. The van der Waals surface area contributed by atoms with Crippen LogP contribution < -0.4 is 10.7 Å². The van der Waals surface area contributed by atoms with Crippen LogP contribution in [0.2, 0.25) is 0 Å². The van der Waals surface area contributed by atoms with E-state index in [1.807, 2.05) is 30.3 Å². The smallest absolute Gasteiger partial charge is 0.257 e. The molecule has 0 unspecified atom stereocenters. The summed E-state index contributed by atoms with van der Waals surface area (Å²) in [5, 5.41) is 12.0. The molecule has 0 aliphatic carbocycles. The Morgan fingerprint density at radius 3 is 2.65 bits per heavy atom. The zero-order valence-corrected chi connectivity index (χ0v) is 10.9. The standard InChI is InChI=1S/C15H16N2O3/c18-10-12(8-11-4-2-1-3-5-11)17-15(20)13-9-16-7-6-14(13)19/h1-7,9,12,18H,8,10H2,(H,16,19)(H,17,20)/t12-/m0/s1. The van der Waals surface area contributed by atoms with Gasteiger partial charge in [0.2, 0.25) is 0 Å². The summed E-state index contributed by atoms with van der Waals surface area (Å²) >= 11 is 0. The van der Waals surface area contributed by atoms with Gasteiger partial charge >= 0.3 is 0 Å². The Morgan fingerprint density at radius 1 is 1.25 bits per heavy atom. The van der Waals surface area contributed by atoms with E-state index in [1.165, 1.54) is 18.5 Å². The van der Waals surface area contributed by atoms with E-state index in [9.17, 15) is 14.7 Å². The Morgan fingerprint density at radius 2 is 2.00 bits per heavy atom. The molecule has 0 spiro atoms. The molecule has 2 rings (SSSR count). The maximum atomic E-state index is 12.0. The molecule has 1 amide bonds. The number of hydrogen-bond acceptors (Lipinski definition) is 3. The van der Waals surface area contributed by atoms with Crippen LogP contribution in [0, 0.1) is 0 Å². The summed E-state index contributed by atoms with van der Waals surface area (Å²) in [5.41, 5.74) is 0.700. The monoisotopic (exact) mass is 272 g/mol. The van der Waals surface area contributed by atoms with Gasteiger partial charge in [0.15, 0.2) is 5.43 Å². The second-order valence-corrected chi connectivity index (χ2v) is 4.46. The number of nitrogens with one attached hydrogen (secondary N) is 2. The van der Waals surface area contributed by atoms with Gasteiger partial charge in [-0.1, -0.05) is 30.3 Å². The molecule has 1 aromatic heterocycles. The molecule has 0 bridgehead atoms. The number of amides is 1. The SMILES string of the molecule is O=C(N[C@H](CO)Cc1ccccc1)c1c[nH]ccc1=O. The van der Waals surface area contributed by atoms with Crippen LogP contribution in [0.1, 0.15) is 15.9 Å². The fourth-order valence-corrected chi connectivity index (χ4v) is 1.92. The fraction of sp³-hybridized carbons (Fsp3) is 0.200. The highest BCUT2D eigenvalue weighted by Crippen LogP contribution is 2.03. The zero-order chi connectivity index (χ0) is 14.4. The van der Waals surface area contributed by atoms with Crippen LogP contribution in [0.15, 0.2) is 53.6 Å². The predicted octanol–water partition coefficient (Wildman–Crippen LogP) is 0.708. The quantitative estimate of drug-likeness (QED) is 0.749. The third-order valence-corrected chi connectivity index (χ3v) is 2.95. The molecule has 5 heteroatoms. The largest absolute Gasteiger partial charge is 0.394 e. The first-order chi connectivity index (χ1) is 9.70. The molecule has 1 atom stereocenters. The number of benzene rings is 1. The molecule has 104 valence electrons. The summed E-state index contributed by atoms with van der Waals surface area (Å²) in [7, 11) is 0. The van der Waals surface area contributed by atoms with Crippen LogP contribution in [-0.4, -0.2) is 28.6 Å². The number of carbonyl (C=O) groups is 1. The van der Waals surface area contributed by atoms with Crippen molar-refractivity contribution in [2.75, 3.05) is 6.61 Å². The van der Waals surface area contributed by atoms with E-state index in [2.05, 4.69) is 10.3 Å². The molecule has 0 saturated carbocycles. The minimum absolute atomic E-state index is 0.0408. The third kappa shape index (κ3) is 3.55. The number of hydrogen-bond donors (Lipinski definition) is 3. The van der Waals surface area contributed by atoms with E-state index in [0.717, 1.165) is 5.56 Å². The molecule has 20 heavy (non-hydrogen) atoms. The lowest BCUT2D eigenvalue weighted by Crippen LogP contribution is -2.40. The van der Waals surface area contributed by atoms with Crippen molar-refractivity contribution in [1.82, 2.24) is 10.3 Å². The number of aromatic nitrogens is 1. The second kappa shape index (κ2) is 6.68. The number of aliphatic hydroxyl groups excluding tert-OH is 1. The predicted molar refractivity (Wildman–Crippen MR) is 75.5 cm³/mol. The lowest BCUT2D eigenvalue weighted by molar-refractivity contribution is 0.0915. The summed E-state index contributed by atoms with van der Waals surface area (Å²) < 4.78 is 0. The van der Waals surface area contributed by atoms with Gasteiger partial charge in [0.1, 0.15) is 5.56 Å². The van der Waals surface area contributed by atoms with Crippen LogP contribution in [0.3, 0.4) is 0 Å². The lowest BCUT2D eigenvalue weighted by atomic mass is 10.1. The Balaban J connectivity index is 2.05. The molecule has 5 nitrogen and oxygen atoms in total. The number of aliphatic hydroxyl groups is 1. The molecule has 2 aromatic rings. The maximum Gasteiger partial charge on any atom is 0.257 e. The van der Waals surface area contributed by atoms with E-state index >= 15 is 0 Å². The van der Waals surface area contributed by atoms with E-state index in [1.54, 1.807) is 0 Å². The summed E-state index contributed by atoms with van der Waals surface area (Å²) in [5.74, 6) is -0.484. The average molecular weight is 272 g/mol. The summed E-state index contributed by atoms with van der Waals surface area (Å²) in [4.78, 5) is 26.2. The molecule has 1 aromatic carbocycles. The molecule has 0 aliphatic rings. The third-order valence-electron chi connectivity index (χ3n) is 2.95. The van der Waals surface area contributed by atoms with Crippen molar-refractivity contribution in [3.8, 4) is 0 Å². The highest BCUT2D eigenvalue weighted by Gasteiger charge is 2.15. The normalized spacial score (nSPS) is 11.8. The van der Waals surface area contributed by atoms with E-state index < -0.39 is 11.9 Å².